The van der Waals surface area contributed by atoms with Crippen molar-refractivity contribution in [2.24, 2.45) is 5.92 Å². The molecule has 1 saturated heterocycles. The van der Waals surface area contributed by atoms with Crippen LogP contribution in [-0.4, -0.2) is 47.1 Å². The summed E-state index contributed by atoms with van der Waals surface area (Å²) in [4.78, 5) is 40.0. The number of carbonyl (C=O) groups is 3. The van der Waals surface area contributed by atoms with Gasteiger partial charge in [-0.2, -0.15) is 11.3 Å². The Labute approximate surface area is 174 Å². The van der Waals surface area contributed by atoms with Gasteiger partial charge < -0.3 is 14.4 Å². The summed E-state index contributed by atoms with van der Waals surface area (Å²) >= 11 is 2.51. The molecule has 2 heterocycles. The van der Waals surface area contributed by atoms with Crippen LogP contribution in [-0.2, 0) is 13.8 Å². The van der Waals surface area contributed by atoms with Gasteiger partial charge in [0.1, 0.15) is 12.6 Å². The van der Waals surface area contributed by atoms with E-state index in [0.29, 0.717) is 24.4 Å². The number of Topliss-reactive ketones (excluding diaryl/α,β-unsaturated/α-hetero) is 1. The maximum Gasteiger partial charge on any atom is 0.252 e. The fourth-order valence-electron chi connectivity index (χ4n) is 3.82. The summed E-state index contributed by atoms with van der Waals surface area (Å²) < 4.78 is 5.22. The first kappa shape index (κ1) is 21.3. The minimum absolute atomic E-state index is 0.0276. The van der Waals surface area contributed by atoms with Gasteiger partial charge in [0.15, 0.2) is 11.2 Å². The van der Waals surface area contributed by atoms with E-state index in [1.807, 2.05) is 5.38 Å². The van der Waals surface area contributed by atoms with Gasteiger partial charge in [-0.3, -0.25) is 14.4 Å². The number of unbranched alkanes of at least 4 members (excludes halogenated alkanes) is 1. The molecular weight excluding hydrogens is 396 g/mol. The van der Waals surface area contributed by atoms with Crippen LogP contribution in [0.15, 0.2) is 16.8 Å². The lowest BCUT2D eigenvalue weighted by atomic mass is 9.97. The summed E-state index contributed by atoms with van der Waals surface area (Å²) in [6.45, 7) is 2.58. The molecule has 0 bridgehead atoms. The zero-order valence-corrected chi connectivity index (χ0v) is 17.9. The smallest absolute Gasteiger partial charge is 0.252 e. The number of nitrogens with one attached hydrogen (secondary N) is 1. The standard InChI is InChI=1S/C20H28N2O4S2/c1-2-3-9-22(20-17(23)12-26-28-20)19(25)16(11-14-6-4-5-7-14)21-18(24)15-8-10-27-13-15/h8,10,13-14,16,20H,2-7,9,11-12H2,1H3,(H,21,24)/t16-,20+/m0/s1. The molecule has 1 N–H and O–H groups in total. The van der Waals surface area contributed by atoms with Crippen molar-refractivity contribution >= 4 is 41.0 Å². The normalized spacial score (nSPS) is 21.0. The molecule has 1 saturated carbocycles. The van der Waals surface area contributed by atoms with E-state index < -0.39 is 11.4 Å². The first-order valence-corrected chi connectivity index (χ1v) is 11.8. The van der Waals surface area contributed by atoms with Crippen LogP contribution in [0.25, 0.3) is 0 Å². The van der Waals surface area contributed by atoms with E-state index in [1.165, 1.54) is 24.2 Å². The van der Waals surface area contributed by atoms with Crippen molar-refractivity contribution in [2.45, 2.75) is 63.3 Å². The van der Waals surface area contributed by atoms with Crippen LogP contribution in [0.4, 0.5) is 0 Å². The number of ketones is 1. The van der Waals surface area contributed by atoms with Crippen molar-refractivity contribution < 1.29 is 18.6 Å². The van der Waals surface area contributed by atoms with Gasteiger partial charge in [-0.1, -0.05) is 39.0 Å². The molecule has 2 atom stereocenters. The Morgan fingerprint density at radius 1 is 1.36 bits per heavy atom. The van der Waals surface area contributed by atoms with Crippen LogP contribution in [0.2, 0.25) is 0 Å². The molecule has 2 fully saturated rings. The van der Waals surface area contributed by atoms with Crippen LogP contribution in [0.1, 0.15) is 62.2 Å². The van der Waals surface area contributed by atoms with Crippen molar-refractivity contribution in [3.63, 3.8) is 0 Å². The number of nitrogens with zero attached hydrogens (tertiary/aromatic N) is 1. The monoisotopic (exact) mass is 424 g/mol. The molecule has 1 aliphatic carbocycles. The maximum atomic E-state index is 13.5. The molecule has 2 aliphatic rings. The van der Waals surface area contributed by atoms with Gasteiger partial charge in [0.05, 0.1) is 5.56 Å². The van der Waals surface area contributed by atoms with Crippen LogP contribution < -0.4 is 5.32 Å². The molecule has 1 aromatic rings. The predicted octanol–water partition coefficient (Wildman–Crippen LogP) is 3.63. The average molecular weight is 425 g/mol. The molecule has 28 heavy (non-hydrogen) atoms. The second-order valence-electron chi connectivity index (χ2n) is 7.49. The third-order valence-corrected chi connectivity index (χ3v) is 7.02. The summed E-state index contributed by atoms with van der Waals surface area (Å²) in [7, 11) is 0. The molecule has 2 amide bonds. The lowest BCUT2D eigenvalue weighted by Crippen LogP contribution is -2.53. The molecule has 0 radical (unpaired) electrons. The molecule has 1 aromatic heterocycles. The van der Waals surface area contributed by atoms with E-state index in [2.05, 4.69) is 12.2 Å². The van der Waals surface area contributed by atoms with E-state index in [1.54, 1.807) is 16.3 Å². The van der Waals surface area contributed by atoms with Gasteiger partial charge in [0, 0.05) is 24.0 Å². The average Bonchev–Trinajstić information content (AvgIpc) is 3.44. The molecule has 0 unspecified atom stereocenters. The highest BCUT2D eigenvalue weighted by Gasteiger charge is 2.39. The molecule has 1 aliphatic heterocycles. The molecule has 6 nitrogen and oxygen atoms in total. The van der Waals surface area contributed by atoms with E-state index in [0.717, 1.165) is 37.7 Å². The molecule has 0 spiro atoms. The van der Waals surface area contributed by atoms with Crippen LogP contribution in [0, 0.1) is 5.92 Å². The van der Waals surface area contributed by atoms with Gasteiger partial charge in [-0.15, -0.1) is 0 Å². The molecule has 154 valence electrons. The van der Waals surface area contributed by atoms with E-state index >= 15 is 0 Å². The SMILES string of the molecule is CCCCN(C(=O)[C@H](CC1CCCC1)NC(=O)c1ccsc1)[C@@H]1SOCC1=O. The molecule has 8 heteroatoms. The summed E-state index contributed by atoms with van der Waals surface area (Å²) in [5, 5.41) is 5.98. The van der Waals surface area contributed by atoms with Crippen molar-refractivity contribution in [2.75, 3.05) is 13.2 Å². The molecular formula is C20H28N2O4S2. The Balaban J connectivity index is 1.77. The predicted molar refractivity (Wildman–Crippen MR) is 111 cm³/mol. The largest absolute Gasteiger partial charge is 0.340 e. The summed E-state index contributed by atoms with van der Waals surface area (Å²) in [5.74, 6) is -0.0406. The number of amides is 2. The summed E-state index contributed by atoms with van der Waals surface area (Å²) in [6.07, 6.45) is 6.89. The quantitative estimate of drug-likeness (QED) is 0.613. The minimum atomic E-state index is -0.610. The Morgan fingerprint density at radius 2 is 2.14 bits per heavy atom. The Morgan fingerprint density at radius 3 is 2.75 bits per heavy atom. The van der Waals surface area contributed by atoms with Gasteiger partial charge in [-0.25, -0.2) is 0 Å². The van der Waals surface area contributed by atoms with Crippen molar-refractivity contribution in [1.29, 1.82) is 0 Å². The maximum absolute atomic E-state index is 13.5. The lowest BCUT2D eigenvalue weighted by Gasteiger charge is -2.31. The highest BCUT2D eigenvalue weighted by Crippen LogP contribution is 2.31. The number of rotatable bonds is 9. The van der Waals surface area contributed by atoms with Crippen LogP contribution in [0.5, 0.6) is 0 Å². The minimum Gasteiger partial charge on any atom is -0.340 e. The Kier molecular flexibility index (Phi) is 7.93. The number of carbonyl (C=O) groups excluding carboxylic acids is 3. The molecule has 3 rings (SSSR count). The fourth-order valence-corrected chi connectivity index (χ4v) is 5.25. The topological polar surface area (TPSA) is 75.7 Å². The second-order valence-corrected chi connectivity index (χ2v) is 9.14. The van der Waals surface area contributed by atoms with Crippen LogP contribution in [0.3, 0.4) is 0 Å². The number of hydrogen-bond donors (Lipinski definition) is 1. The van der Waals surface area contributed by atoms with Gasteiger partial charge >= 0.3 is 0 Å². The summed E-state index contributed by atoms with van der Waals surface area (Å²) in [5.41, 5.74) is 0.573. The highest BCUT2D eigenvalue weighted by atomic mass is 32.2. The second kappa shape index (κ2) is 10.4. The lowest BCUT2D eigenvalue weighted by molar-refractivity contribution is -0.138. The highest BCUT2D eigenvalue weighted by molar-refractivity contribution is 7.96. The van der Waals surface area contributed by atoms with Crippen molar-refractivity contribution in [1.82, 2.24) is 10.2 Å². The van der Waals surface area contributed by atoms with E-state index in [4.69, 9.17) is 4.18 Å². The first-order valence-electron chi connectivity index (χ1n) is 10.0. The molecule has 0 aromatic carbocycles. The zero-order valence-electron chi connectivity index (χ0n) is 16.2. The van der Waals surface area contributed by atoms with Crippen LogP contribution >= 0.6 is 23.4 Å². The van der Waals surface area contributed by atoms with Crippen molar-refractivity contribution in [3.8, 4) is 0 Å². The Hall–Kier alpha value is -1.38. The van der Waals surface area contributed by atoms with E-state index in [-0.39, 0.29) is 24.2 Å². The third kappa shape index (κ3) is 5.36. The van der Waals surface area contributed by atoms with E-state index in [9.17, 15) is 14.4 Å². The first-order chi connectivity index (χ1) is 13.6. The zero-order chi connectivity index (χ0) is 19.9. The van der Waals surface area contributed by atoms with Crippen molar-refractivity contribution in [3.05, 3.63) is 22.4 Å². The fraction of sp³-hybridized carbons (Fsp3) is 0.650. The Bertz CT molecular complexity index is 674. The number of hydrogen-bond acceptors (Lipinski definition) is 6. The summed E-state index contributed by atoms with van der Waals surface area (Å²) in [6, 6.07) is 1.15. The van der Waals surface area contributed by atoms with Gasteiger partial charge in [0.2, 0.25) is 5.91 Å². The van der Waals surface area contributed by atoms with Gasteiger partial charge in [0.25, 0.3) is 5.91 Å². The number of thiophene rings is 1. The third-order valence-electron chi connectivity index (χ3n) is 5.39. The van der Waals surface area contributed by atoms with Gasteiger partial charge in [-0.05, 0) is 30.2 Å².